The SMILES string of the molecule is N#Cc1cnc(Nc2cc(NC[C@H]3CNCCO3)c(-c3ccn(C4CC4)n3)nn2)cn1. The van der Waals surface area contributed by atoms with E-state index in [1.165, 1.54) is 25.2 Å². The summed E-state index contributed by atoms with van der Waals surface area (Å²) in [5.74, 6) is 0.986. The second kappa shape index (κ2) is 8.63. The highest BCUT2D eigenvalue weighted by molar-refractivity contribution is 5.74. The molecule has 1 saturated heterocycles. The molecule has 2 fully saturated rings. The fraction of sp³-hybridized carbons (Fsp3) is 0.400. The lowest BCUT2D eigenvalue weighted by molar-refractivity contribution is 0.0372. The highest BCUT2D eigenvalue weighted by atomic mass is 16.5. The van der Waals surface area contributed by atoms with Crippen molar-refractivity contribution in [3.63, 3.8) is 0 Å². The number of nitriles is 1. The van der Waals surface area contributed by atoms with Crippen LogP contribution in [0.3, 0.4) is 0 Å². The molecule has 11 nitrogen and oxygen atoms in total. The summed E-state index contributed by atoms with van der Waals surface area (Å²) in [5, 5.41) is 32.1. The average Bonchev–Trinajstić information content (AvgIpc) is 3.56. The Hall–Kier alpha value is -3.62. The van der Waals surface area contributed by atoms with Crippen LogP contribution in [0.15, 0.2) is 30.7 Å². The Morgan fingerprint density at radius 1 is 1.23 bits per heavy atom. The Balaban J connectivity index is 1.39. The van der Waals surface area contributed by atoms with Crippen molar-refractivity contribution in [1.29, 1.82) is 5.26 Å². The van der Waals surface area contributed by atoms with Crippen LogP contribution in [0.4, 0.5) is 17.3 Å². The first-order valence-corrected chi connectivity index (χ1v) is 10.3. The van der Waals surface area contributed by atoms with Crippen LogP contribution < -0.4 is 16.0 Å². The largest absolute Gasteiger partial charge is 0.380 e. The molecule has 31 heavy (non-hydrogen) atoms. The molecule has 1 aliphatic heterocycles. The summed E-state index contributed by atoms with van der Waals surface area (Å²) in [6, 6.07) is 6.28. The molecule has 3 aromatic heterocycles. The second-order valence-corrected chi connectivity index (χ2v) is 7.51. The Morgan fingerprint density at radius 2 is 2.16 bits per heavy atom. The molecule has 3 aromatic rings. The molecule has 2 aliphatic rings. The number of nitrogens with zero attached hydrogens (tertiary/aromatic N) is 7. The van der Waals surface area contributed by atoms with Gasteiger partial charge >= 0.3 is 0 Å². The van der Waals surface area contributed by atoms with E-state index < -0.39 is 0 Å². The lowest BCUT2D eigenvalue weighted by Gasteiger charge is -2.24. The van der Waals surface area contributed by atoms with E-state index in [2.05, 4.69) is 41.2 Å². The number of rotatable bonds is 7. The zero-order valence-corrected chi connectivity index (χ0v) is 16.8. The van der Waals surface area contributed by atoms with Crippen LogP contribution in [-0.2, 0) is 4.74 Å². The lowest BCUT2D eigenvalue weighted by atomic mass is 10.2. The zero-order chi connectivity index (χ0) is 21.0. The first kappa shape index (κ1) is 19.3. The molecule has 11 heteroatoms. The molecule has 1 saturated carbocycles. The van der Waals surface area contributed by atoms with Crippen LogP contribution in [0.25, 0.3) is 11.4 Å². The number of anilines is 3. The van der Waals surface area contributed by atoms with Gasteiger partial charge in [0, 0.05) is 31.9 Å². The predicted octanol–water partition coefficient (Wildman–Crippen LogP) is 1.48. The van der Waals surface area contributed by atoms with Gasteiger partial charge in [-0.05, 0) is 18.9 Å². The van der Waals surface area contributed by atoms with E-state index in [0.29, 0.717) is 36.5 Å². The van der Waals surface area contributed by atoms with Crippen molar-refractivity contribution in [2.45, 2.75) is 25.0 Å². The number of aromatic nitrogens is 6. The zero-order valence-electron chi connectivity index (χ0n) is 16.8. The summed E-state index contributed by atoms with van der Waals surface area (Å²) in [7, 11) is 0. The molecule has 158 valence electrons. The number of nitrogens with one attached hydrogen (secondary N) is 3. The van der Waals surface area contributed by atoms with Gasteiger partial charge in [-0.3, -0.25) is 4.68 Å². The van der Waals surface area contributed by atoms with Crippen LogP contribution in [0.1, 0.15) is 24.6 Å². The number of hydrogen-bond donors (Lipinski definition) is 3. The minimum absolute atomic E-state index is 0.0691. The van der Waals surface area contributed by atoms with Crippen molar-refractivity contribution in [2.75, 3.05) is 36.9 Å². The van der Waals surface area contributed by atoms with E-state index in [1.807, 2.05) is 29.1 Å². The first-order chi connectivity index (χ1) is 15.3. The summed E-state index contributed by atoms with van der Waals surface area (Å²) in [6.45, 7) is 2.99. The minimum atomic E-state index is 0.0691. The minimum Gasteiger partial charge on any atom is -0.380 e. The van der Waals surface area contributed by atoms with Gasteiger partial charge in [0.15, 0.2) is 11.5 Å². The maximum absolute atomic E-state index is 8.87. The molecule has 5 rings (SSSR count). The van der Waals surface area contributed by atoms with Crippen molar-refractivity contribution >= 4 is 17.3 Å². The second-order valence-electron chi connectivity index (χ2n) is 7.51. The lowest BCUT2D eigenvalue weighted by Crippen LogP contribution is -2.42. The molecule has 1 aliphatic carbocycles. The normalized spacial score (nSPS) is 18.4. The van der Waals surface area contributed by atoms with E-state index in [9.17, 15) is 0 Å². The third-order valence-electron chi connectivity index (χ3n) is 5.11. The van der Waals surface area contributed by atoms with Crippen LogP contribution in [0, 0.1) is 11.3 Å². The van der Waals surface area contributed by atoms with Crippen molar-refractivity contribution < 1.29 is 4.74 Å². The van der Waals surface area contributed by atoms with Crippen LogP contribution >= 0.6 is 0 Å². The van der Waals surface area contributed by atoms with Crippen LogP contribution in [0.5, 0.6) is 0 Å². The van der Waals surface area contributed by atoms with Crippen molar-refractivity contribution in [1.82, 2.24) is 35.3 Å². The van der Waals surface area contributed by atoms with Gasteiger partial charge in [-0.2, -0.15) is 10.4 Å². The topological polar surface area (TPSA) is 138 Å². The van der Waals surface area contributed by atoms with Gasteiger partial charge in [-0.1, -0.05) is 0 Å². The highest BCUT2D eigenvalue weighted by Crippen LogP contribution is 2.35. The number of hydrogen-bond acceptors (Lipinski definition) is 10. The van der Waals surface area contributed by atoms with Gasteiger partial charge in [-0.25, -0.2) is 9.97 Å². The molecule has 0 unspecified atom stereocenters. The molecule has 0 aromatic carbocycles. The quantitative estimate of drug-likeness (QED) is 0.517. The van der Waals surface area contributed by atoms with Gasteiger partial charge in [0.25, 0.3) is 0 Å². The molecular weight excluding hydrogens is 396 g/mol. The maximum Gasteiger partial charge on any atom is 0.158 e. The predicted molar refractivity (Wildman–Crippen MR) is 113 cm³/mol. The molecule has 0 bridgehead atoms. The van der Waals surface area contributed by atoms with E-state index in [-0.39, 0.29) is 11.8 Å². The van der Waals surface area contributed by atoms with Crippen LogP contribution in [0.2, 0.25) is 0 Å². The van der Waals surface area contributed by atoms with E-state index in [4.69, 9.17) is 10.00 Å². The first-order valence-electron chi connectivity index (χ1n) is 10.3. The summed E-state index contributed by atoms with van der Waals surface area (Å²) >= 11 is 0. The highest BCUT2D eigenvalue weighted by Gasteiger charge is 2.25. The van der Waals surface area contributed by atoms with E-state index >= 15 is 0 Å². The van der Waals surface area contributed by atoms with Gasteiger partial charge in [0.05, 0.1) is 36.8 Å². The van der Waals surface area contributed by atoms with Crippen molar-refractivity contribution in [3.05, 3.63) is 36.4 Å². The molecule has 0 spiro atoms. The third kappa shape index (κ3) is 4.60. The van der Waals surface area contributed by atoms with Gasteiger partial charge < -0.3 is 20.7 Å². The Morgan fingerprint density at radius 3 is 2.90 bits per heavy atom. The van der Waals surface area contributed by atoms with Crippen molar-refractivity contribution in [2.24, 2.45) is 0 Å². The summed E-state index contributed by atoms with van der Waals surface area (Å²) < 4.78 is 7.79. The summed E-state index contributed by atoms with van der Waals surface area (Å²) in [5.41, 5.74) is 2.50. The molecule has 3 N–H and O–H groups in total. The summed E-state index contributed by atoms with van der Waals surface area (Å²) in [4.78, 5) is 8.19. The monoisotopic (exact) mass is 418 g/mol. The standard InChI is InChI=1S/C20H22N10O/c21-8-13-9-25-19(12-23-13)26-18-7-17(24-11-15-10-22-4-6-31-15)20(28-27-18)16-3-5-30(29-16)14-1-2-14/h3,5,7,9,12,14-15,22H,1-2,4,6,10-11H2,(H2,24,25,26,27)/t15-/m1/s1. The molecular formula is C20H22N10O. The van der Waals surface area contributed by atoms with Crippen molar-refractivity contribution in [3.8, 4) is 17.5 Å². The summed E-state index contributed by atoms with van der Waals surface area (Å²) in [6.07, 6.45) is 7.28. The average molecular weight is 418 g/mol. The third-order valence-corrected chi connectivity index (χ3v) is 5.11. The van der Waals surface area contributed by atoms with Gasteiger partial charge in [0.2, 0.25) is 0 Å². The molecule has 4 heterocycles. The Labute approximate surface area is 178 Å². The Kier molecular flexibility index (Phi) is 5.39. The van der Waals surface area contributed by atoms with Crippen LogP contribution in [-0.4, -0.2) is 62.3 Å². The van der Waals surface area contributed by atoms with E-state index in [0.717, 1.165) is 24.5 Å². The fourth-order valence-corrected chi connectivity index (χ4v) is 3.34. The smallest absolute Gasteiger partial charge is 0.158 e. The molecule has 1 atom stereocenters. The Bertz CT molecular complexity index is 1080. The van der Waals surface area contributed by atoms with Gasteiger partial charge in [-0.15, -0.1) is 10.2 Å². The molecule has 0 radical (unpaired) electrons. The fourth-order valence-electron chi connectivity index (χ4n) is 3.34. The maximum atomic E-state index is 8.87. The molecule has 0 amide bonds. The van der Waals surface area contributed by atoms with Gasteiger partial charge in [0.1, 0.15) is 23.3 Å². The number of ether oxygens (including phenoxy) is 1. The number of morpholine rings is 1. The van der Waals surface area contributed by atoms with E-state index in [1.54, 1.807) is 0 Å².